The van der Waals surface area contributed by atoms with Crippen LogP contribution in [-0.4, -0.2) is 50.3 Å². The van der Waals surface area contributed by atoms with E-state index in [9.17, 15) is 13.2 Å². The Bertz CT molecular complexity index is 523. The van der Waals surface area contributed by atoms with Crippen LogP contribution in [0, 0.1) is 0 Å². The second kappa shape index (κ2) is 11.5. The Morgan fingerprint density at radius 2 is 2.04 bits per heavy atom. The van der Waals surface area contributed by atoms with Gasteiger partial charge in [0.25, 0.3) is 0 Å². The van der Waals surface area contributed by atoms with Crippen LogP contribution in [0.2, 0.25) is 0 Å². The molecule has 0 radical (unpaired) electrons. The Labute approximate surface area is 146 Å². The fourth-order valence-electron chi connectivity index (χ4n) is 1.98. The Morgan fingerprint density at radius 3 is 2.72 bits per heavy atom. The molecule has 0 aromatic carbocycles. The summed E-state index contributed by atoms with van der Waals surface area (Å²) in [5, 5.41) is 8.85. The predicted octanol–water partition coefficient (Wildman–Crippen LogP) is 2.49. The minimum atomic E-state index is -4.43. The highest BCUT2D eigenvalue weighted by Gasteiger charge is 2.33. The van der Waals surface area contributed by atoms with Crippen molar-refractivity contribution in [3.63, 3.8) is 0 Å². The summed E-state index contributed by atoms with van der Waals surface area (Å²) >= 11 is 0. The molecular weight excluding hydrogens is 335 g/mol. The van der Waals surface area contributed by atoms with Gasteiger partial charge in [-0.2, -0.15) is 13.2 Å². The number of rotatable bonds is 10. The van der Waals surface area contributed by atoms with E-state index < -0.39 is 11.7 Å². The first kappa shape index (κ1) is 21.0. The number of pyridine rings is 1. The van der Waals surface area contributed by atoms with Crippen LogP contribution in [0.25, 0.3) is 0 Å². The molecule has 0 bridgehead atoms. The highest BCUT2D eigenvalue weighted by molar-refractivity contribution is 5.79. The van der Waals surface area contributed by atoms with Crippen LogP contribution in [0.15, 0.2) is 23.3 Å². The van der Waals surface area contributed by atoms with Crippen molar-refractivity contribution in [2.75, 3.05) is 44.7 Å². The number of alkyl halides is 3. The van der Waals surface area contributed by atoms with Gasteiger partial charge in [0.15, 0.2) is 5.96 Å². The van der Waals surface area contributed by atoms with Crippen molar-refractivity contribution in [2.45, 2.75) is 26.4 Å². The normalized spacial score (nSPS) is 12.1. The highest BCUT2D eigenvalue weighted by atomic mass is 19.4. The van der Waals surface area contributed by atoms with Crippen molar-refractivity contribution in [3.8, 4) is 0 Å². The molecule has 0 aliphatic rings. The quantitative estimate of drug-likeness (QED) is 0.339. The van der Waals surface area contributed by atoms with Gasteiger partial charge in [0.1, 0.15) is 5.82 Å². The fraction of sp³-hybridized carbons (Fsp3) is 0.625. The third-order valence-electron chi connectivity index (χ3n) is 3.09. The summed E-state index contributed by atoms with van der Waals surface area (Å²) in [6, 6.07) is 2.27. The molecule has 25 heavy (non-hydrogen) atoms. The second-order valence-electron chi connectivity index (χ2n) is 5.06. The molecule has 0 aliphatic heterocycles. The average molecular weight is 361 g/mol. The highest BCUT2D eigenvalue weighted by Crippen LogP contribution is 2.33. The number of nitrogens with zero attached hydrogens (tertiary/aromatic N) is 2. The van der Waals surface area contributed by atoms with E-state index in [1.807, 2.05) is 13.8 Å². The molecule has 0 aliphatic carbocycles. The zero-order chi connectivity index (χ0) is 18.5. The van der Waals surface area contributed by atoms with Crippen LogP contribution in [0.1, 0.15) is 25.8 Å². The van der Waals surface area contributed by atoms with E-state index in [2.05, 4.69) is 25.9 Å². The molecule has 0 atom stereocenters. The van der Waals surface area contributed by atoms with Crippen LogP contribution >= 0.6 is 0 Å². The van der Waals surface area contributed by atoms with Crippen molar-refractivity contribution in [1.82, 2.24) is 15.6 Å². The van der Waals surface area contributed by atoms with E-state index in [4.69, 9.17) is 4.74 Å². The number of hydrogen-bond acceptors (Lipinski definition) is 4. The summed E-state index contributed by atoms with van der Waals surface area (Å²) in [5.74, 6) is 0.452. The zero-order valence-corrected chi connectivity index (χ0v) is 14.6. The van der Waals surface area contributed by atoms with Gasteiger partial charge in [-0.1, -0.05) is 0 Å². The maximum Gasteiger partial charge on any atom is 0.419 e. The smallest absolute Gasteiger partial charge is 0.382 e. The third-order valence-corrected chi connectivity index (χ3v) is 3.09. The monoisotopic (exact) mass is 361 g/mol. The number of guanidine groups is 1. The average Bonchev–Trinajstić information content (AvgIpc) is 2.58. The number of anilines is 1. The van der Waals surface area contributed by atoms with E-state index >= 15 is 0 Å². The SMILES string of the molecule is CCNC(=NCCCOCC)NCCNc1ncccc1C(F)(F)F. The third kappa shape index (κ3) is 8.57. The first-order valence-electron chi connectivity index (χ1n) is 8.35. The Hall–Kier alpha value is -2.03. The molecular formula is C16H26F3N5O. The minimum Gasteiger partial charge on any atom is -0.382 e. The van der Waals surface area contributed by atoms with Crippen molar-refractivity contribution in [1.29, 1.82) is 0 Å². The van der Waals surface area contributed by atoms with Crippen molar-refractivity contribution < 1.29 is 17.9 Å². The van der Waals surface area contributed by atoms with E-state index in [1.54, 1.807) is 0 Å². The lowest BCUT2D eigenvalue weighted by Gasteiger charge is -2.14. The van der Waals surface area contributed by atoms with Crippen molar-refractivity contribution in [2.24, 2.45) is 4.99 Å². The summed E-state index contributed by atoms with van der Waals surface area (Å²) < 4.78 is 43.9. The summed E-state index contributed by atoms with van der Waals surface area (Å²) in [4.78, 5) is 8.14. The minimum absolute atomic E-state index is 0.171. The van der Waals surface area contributed by atoms with Crippen molar-refractivity contribution >= 4 is 11.8 Å². The molecule has 142 valence electrons. The van der Waals surface area contributed by atoms with Gasteiger partial charge in [-0.15, -0.1) is 0 Å². The Balaban J connectivity index is 2.43. The second-order valence-corrected chi connectivity index (χ2v) is 5.06. The van der Waals surface area contributed by atoms with Crippen molar-refractivity contribution in [3.05, 3.63) is 23.9 Å². The maximum atomic E-state index is 12.9. The lowest BCUT2D eigenvalue weighted by atomic mass is 10.2. The number of aliphatic imine (C=N–C) groups is 1. The maximum absolute atomic E-state index is 12.9. The van der Waals surface area contributed by atoms with Crippen LogP contribution in [-0.2, 0) is 10.9 Å². The molecule has 0 amide bonds. The molecule has 0 fully saturated rings. The molecule has 0 spiro atoms. The standard InChI is InChI=1S/C16H26F3N5O/c1-3-20-15(23-9-6-12-25-4-2)24-11-10-22-14-13(16(17,18)19)7-5-8-21-14/h5,7-8H,3-4,6,9-12H2,1-2H3,(H,21,22)(H2,20,23,24). The molecule has 0 saturated carbocycles. The number of ether oxygens (including phenoxy) is 1. The number of aromatic nitrogens is 1. The summed E-state index contributed by atoms with van der Waals surface area (Å²) in [6.07, 6.45) is -2.29. The largest absolute Gasteiger partial charge is 0.419 e. The van der Waals surface area contributed by atoms with Gasteiger partial charge in [-0.3, -0.25) is 4.99 Å². The van der Waals surface area contributed by atoms with Crippen LogP contribution in [0.4, 0.5) is 19.0 Å². The first-order valence-corrected chi connectivity index (χ1v) is 8.35. The van der Waals surface area contributed by atoms with Gasteiger partial charge >= 0.3 is 6.18 Å². The summed E-state index contributed by atoms with van der Waals surface area (Å²) in [5.41, 5.74) is -0.772. The summed E-state index contributed by atoms with van der Waals surface area (Å²) in [6.45, 7) is 7.22. The lowest BCUT2D eigenvalue weighted by Crippen LogP contribution is -2.39. The molecule has 1 aromatic heterocycles. The number of hydrogen-bond donors (Lipinski definition) is 3. The molecule has 6 nitrogen and oxygen atoms in total. The number of halogens is 3. The van der Waals surface area contributed by atoms with E-state index in [0.717, 1.165) is 12.5 Å². The van der Waals surface area contributed by atoms with Crippen LogP contribution < -0.4 is 16.0 Å². The van der Waals surface area contributed by atoms with Gasteiger partial charge < -0.3 is 20.7 Å². The van der Waals surface area contributed by atoms with Gasteiger partial charge in [0.05, 0.1) is 5.56 Å². The van der Waals surface area contributed by atoms with Crippen LogP contribution in [0.3, 0.4) is 0 Å². The zero-order valence-electron chi connectivity index (χ0n) is 14.6. The predicted molar refractivity (Wildman–Crippen MR) is 92.8 cm³/mol. The molecule has 1 heterocycles. The Morgan fingerprint density at radius 1 is 1.24 bits per heavy atom. The van der Waals surface area contributed by atoms with Gasteiger partial charge in [-0.25, -0.2) is 4.98 Å². The van der Waals surface area contributed by atoms with Gasteiger partial charge in [-0.05, 0) is 32.4 Å². The topological polar surface area (TPSA) is 70.6 Å². The van der Waals surface area contributed by atoms with E-state index in [-0.39, 0.29) is 12.4 Å². The first-order chi connectivity index (χ1) is 12.0. The lowest BCUT2D eigenvalue weighted by molar-refractivity contribution is -0.137. The van der Waals surface area contributed by atoms with E-state index in [0.29, 0.717) is 38.8 Å². The number of nitrogens with one attached hydrogen (secondary N) is 3. The molecule has 9 heteroatoms. The molecule has 1 aromatic rings. The molecule has 3 N–H and O–H groups in total. The molecule has 1 rings (SSSR count). The van der Waals surface area contributed by atoms with Crippen LogP contribution in [0.5, 0.6) is 0 Å². The fourth-order valence-corrected chi connectivity index (χ4v) is 1.98. The van der Waals surface area contributed by atoms with E-state index in [1.165, 1.54) is 12.3 Å². The molecule has 0 unspecified atom stereocenters. The van der Waals surface area contributed by atoms with Gasteiger partial charge in [0, 0.05) is 45.6 Å². The molecule has 0 saturated heterocycles. The summed E-state index contributed by atoms with van der Waals surface area (Å²) in [7, 11) is 0. The van der Waals surface area contributed by atoms with Gasteiger partial charge in [0.2, 0.25) is 0 Å². The Kier molecular flexibility index (Phi) is 9.68.